The highest BCUT2D eigenvalue weighted by molar-refractivity contribution is 5.91. The summed E-state index contributed by atoms with van der Waals surface area (Å²) in [6.07, 6.45) is 5.47. The molecule has 0 saturated heterocycles. The molecule has 2 N–H and O–H groups in total. The van der Waals surface area contributed by atoms with E-state index in [1.165, 1.54) is 0 Å². The first kappa shape index (κ1) is 17.1. The van der Waals surface area contributed by atoms with Crippen molar-refractivity contribution < 1.29 is 9.53 Å². The number of nitrogens with zero attached hydrogens (tertiary/aromatic N) is 1. The monoisotopic (exact) mass is 290 g/mol. The average Bonchev–Trinajstić information content (AvgIpc) is 2.48. The molecule has 0 radical (unpaired) electrons. The normalized spacial score (nSPS) is 10.8. The largest absolute Gasteiger partial charge is 0.491 e. The van der Waals surface area contributed by atoms with Gasteiger partial charge in [0, 0.05) is 19.2 Å². The summed E-state index contributed by atoms with van der Waals surface area (Å²) in [4.78, 5) is 13.7. The lowest BCUT2D eigenvalue weighted by Crippen LogP contribution is -2.28. The highest BCUT2D eigenvalue weighted by Gasteiger charge is 2.05. The zero-order valence-corrected chi connectivity index (χ0v) is 13.3. The van der Waals surface area contributed by atoms with E-state index in [1.807, 2.05) is 32.0 Å². The molecule has 116 valence electrons. The lowest BCUT2D eigenvalue weighted by molar-refractivity contribution is -0.125. The highest BCUT2D eigenvalue weighted by Crippen LogP contribution is 2.23. The Labute approximate surface area is 127 Å². The Bertz CT molecular complexity index is 480. The molecule has 1 aromatic rings. The third-order valence-corrected chi connectivity index (χ3v) is 3.28. The van der Waals surface area contributed by atoms with Crippen LogP contribution in [-0.4, -0.2) is 30.5 Å². The van der Waals surface area contributed by atoms with Crippen molar-refractivity contribution in [2.45, 2.75) is 33.6 Å². The van der Waals surface area contributed by atoms with E-state index in [-0.39, 0.29) is 5.91 Å². The van der Waals surface area contributed by atoms with Crippen LogP contribution in [0, 0.1) is 0 Å². The van der Waals surface area contributed by atoms with E-state index < -0.39 is 0 Å². The third-order valence-electron chi connectivity index (χ3n) is 3.28. The minimum atomic E-state index is 0.0156. The van der Waals surface area contributed by atoms with Crippen LogP contribution in [-0.2, 0) is 4.79 Å². The Morgan fingerprint density at radius 2 is 2.00 bits per heavy atom. The van der Waals surface area contributed by atoms with Crippen molar-refractivity contribution in [1.82, 2.24) is 4.90 Å². The topological polar surface area (TPSA) is 55.6 Å². The molecule has 0 fully saturated rings. The number of anilines is 1. The van der Waals surface area contributed by atoms with Crippen molar-refractivity contribution in [3.8, 4) is 5.75 Å². The van der Waals surface area contributed by atoms with Gasteiger partial charge in [-0.2, -0.15) is 0 Å². The number of carbonyl (C=O) groups excluding carboxylic acids is 1. The van der Waals surface area contributed by atoms with Gasteiger partial charge < -0.3 is 15.4 Å². The van der Waals surface area contributed by atoms with Crippen molar-refractivity contribution in [3.63, 3.8) is 0 Å². The first-order chi connectivity index (χ1) is 10.1. The molecule has 1 rings (SSSR count). The number of unbranched alkanes of at least 4 members (excludes halogenated alkanes) is 1. The van der Waals surface area contributed by atoms with Gasteiger partial charge in [-0.1, -0.05) is 19.4 Å². The molecule has 0 aromatic heterocycles. The maximum absolute atomic E-state index is 11.9. The van der Waals surface area contributed by atoms with Crippen molar-refractivity contribution in [3.05, 3.63) is 29.8 Å². The van der Waals surface area contributed by atoms with Crippen molar-refractivity contribution in [2.75, 3.05) is 25.4 Å². The van der Waals surface area contributed by atoms with Crippen LogP contribution in [0.5, 0.6) is 5.75 Å². The molecular weight excluding hydrogens is 264 g/mol. The minimum Gasteiger partial charge on any atom is -0.491 e. The summed E-state index contributed by atoms with van der Waals surface area (Å²) in [5, 5.41) is 0. The van der Waals surface area contributed by atoms with Gasteiger partial charge in [0.1, 0.15) is 5.75 Å². The number of amides is 1. The smallest absolute Gasteiger partial charge is 0.246 e. The summed E-state index contributed by atoms with van der Waals surface area (Å²) in [7, 11) is 0. The number of hydrogen-bond acceptors (Lipinski definition) is 3. The molecule has 1 amide bonds. The fraction of sp³-hybridized carbons (Fsp3) is 0.471. The fourth-order valence-electron chi connectivity index (χ4n) is 1.94. The second-order valence-electron chi connectivity index (χ2n) is 4.84. The number of likely N-dealkylation sites (N-methyl/N-ethyl adjacent to an activating group) is 1. The number of rotatable bonds is 8. The van der Waals surface area contributed by atoms with Crippen molar-refractivity contribution >= 4 is 17.7 Å². The lowest BCUT2D eigenvalue weighted by atomic mass is 10.1. The summed E-state index contributed by atoms with van der Waals surface area (Å²) in [6, 6.07) is 5.59. The molecule has 0 atom stereocenters. The maximum atomic E-state index is 11.9. The average molecular weight is 290 g/mol. The molecule has 4 heteroatoms. The number of nitrogen functional groups attached to an aromatic ring is 1. The molecule has 0 bridgehead atoms. The van der Waals surface area contributed by atoms with Gasteiger partial charge in [0.15, 0.2) is 0 Å². The number of benzene rings is 1. The van der Waals surface area contributed by atoms with Gasteiger partial charge in [-0.25, -0.2) is 0 Å². The van der Waals surface area contributed by atoms with Gasteiger partial charge in [-0.3, -0.25) is 4.79 Å². The Balaban J connectivity index is 2.68. The molecule has 21 heavy (non-hydrogen) atoms. The molecule has 0 aliphatic rings. The van der Waals surface area contributed by atoms with E-state index in [9.17, 15) is 4.79 Å². The molecule has 4 nitrogen and oxygen atoms in total. The number of ether oxygens (including phenoxy) is 1. The molecule has 0 unspecified atom stereocenters. The van der Waals surface area contributed by atoms with Crippen molar-refractivity contribution in [1.29, 1.82) is 0 Å². The molecule has 0 aliphatic heterocycles. The molecule has 1 aromatic carbocycles. The molecule has 0 aliphatic carbocycles. The number of carbonyl (C=O) groups is 1. The first-order valence-corrected chi connectivity index (χ1v) is 7.61. The fourth-order valence-corrected chi connectivity index (χ4v) is 1.94. The quantitative estimate of drug-likeness (QED) is 0.454. The van der Waals surface area contributed by atoms with Crippen LogP contribution in [0.2, 0.25) is 0 Å². The highest BCUT2D eigenvalue weighted by atomic mass is 16.5. The van der Waals surface area contributed by atoms with E-state index in [0.717, 1.165) is 18.4 Å². The first-order valence-electron chi connectivity index (χ1n) is 7.61. The predicted octanol–water partition coefficient (Wildman–Crippen LogP) is 3.33. The number of nitrogens with two attached hydrogens (primary N) is 1. The zero-order valence-electron chi connectivity index (χ0n) is 13.3. The summed E-state index contributed by atoms with van der Waals surface area (Å²) in [6.45, 7) is 8.16. The van der Waals surface area contributed by atoms with E-state index in [0.29, 0.717) is 31.1 Å². The van der Waals surface area contributed by atoms with Gasteiger partial charge in [0.2, 0.25) is 5.91 Å². The molecule has 0 heterocycles. The standard InChI is InChI=1S/C17H26N2O2/c1-4-7-12-21-16-10-8-14(13-15(16)18)9-11-17(20)19(5-2)6-3/h8-11,13H,4-7,12,18H2,1-3H3/b11-9-. The third kappa shape index (κ3) is 5.50. The van der Waals surface area contributed by atoms with Crippen LogP contribution in [0.25, 0.3) is 6.08 Å². The molecule has 0 spiro atoms. The van der Waals surface area contributed by atoms with Crippen LogP contribution < -0.4 is 10.5 Å². The SMILES string of the molecule is CCCCOc1ccc(/C=C\C(=O)N(CC)CC)cc1N. The summed E-state index contributed by atoms with van der Waals surface area (Å²) in [5.41, 5.74) is 7.47. The van der Waals surface area contributed by atoms with Gasteiger partial charge >= 0.3 is 0 Å². The van der Waals surface area contributed by atoms with Crippen LogP contribution >= 0.6 is 0 Å². The van der Waals surface area contributed by atoms with E-state index in [1.54, 1.807) is 17.1 Å². The molecular formula is C17H26N2O2. The van der Waals surface area contributed by atoms with Gasteiger partial charge in [0.25, 0.3) is 0 Å². The Kier molecular flexibility index (Phi) is 7.37. The van der Waals surface area contributed by atoms with Crippen LogP contribution in [0.4, 0.5) is 5.69 Å². The van der Waals surface area contributed by atoms with Gasteiger partial charge in [0.05, 0.1) is 12.3 Å². The predicted molar refractivity (Wildman–Crippen MR) is 88.2 cm³/mol. The van der Waals surface area contributed by atoms with Gasteiger partial charge in [-0.05, 0) is 44.0 Å². The lowest BCUT2D eigenvalue weighted by Gasteiger charge is -2.15. The summed E-state index contributed by atoms with van der Waals surface area (Å²) >= 11 is 0. The van der Waals surface area contributed by atoms with Crippen LogP contribution in [0.1, 0.15) is 39.2 Å². The summed E-state index contributed by atoms with van der Waals surface area (Å²) in [5.74, 6) is 0.720. The summed E-state index contributed by atoms with van der Waals surface area (Å²) < 4.78 is 5.61. The number of hydrogen-bond donors (Lipinski definition) is 1. The second-order valence-corrected chi connectivity index (χ2v) is 4.84. The van der Waals surface area contributed by atoms with Gasteiger partial charge in [-0.15, -0.1) is 0 Å². The van der Waals surface area contributed by atoms with E-state index in [4.69, 9.17) is 10.5 Å². The Morgan fingerprint density at radius 3 is 2.57 bits per heavy atom. The second kappa shape index (κ2) is 9.06. The Hall–Kier alpha value is -1.97. The minimum absolute atomic E-state index is 0.0156. The van der Waals surface area contributed by atoms with Crippen LogP contribution in [0.15, 0.2) is 24.3 Å². The Morgan fingerprint density at radius 1 is 1.29 bits per heavy atom. The van der Waals surface area contributed by atoms with E-state index >= 15 is 0 Å². The maximum Gasteiger partial charge on any atom is 0.246 e. The van der Waals surface area contributed by atoms with E-state index in [2.05, 4.69) is 6.92 Å². The zero-order chi connectivity index (χ0) is 15.7. The van der Waals surface area contributed by atoms with Crippen molar-refractivity contribution in [2.24, 2.45) is 0 Å². The van der Waals surface area contributed by atoms with Crippen LogP contribution in [0.3, 0.4) is 0 Å². The molecule has 0 saturated carbocycles.